The molecular weight excluding hydrogens is 291 g/mol. The van der Waals surface area contributed by atoms with E-state index in [4.69, 9.17) is 4.74 Å². The highest BCUT2D eigenvalue weighted by molar-refractivity contribution is 14.1. The van der Waals surface area contributed by atoms with E-state index in [0.717, 1.165) is 17.3 Å². The summed E-state index contributed by atoms with van der Waals surface area (Å²) >= 11 is 2.31. The van der Waals surface area contributed by atoms with Crippen molar-refractivity contribution in [1.29, 1.82) is 0 Å². The highest BCUT2D eigenvalue weighted by atomic mass is 127. The number of halogens is 1. The lowest BCUT2D eigenvalue weighted by atomic mass is 9.97. The first-order valence-electron chi connectivity index (χ1n) is 4.81. The van der Waals surface area contributed by atoms with Crippen LogP contribution in [0, 0.1) is 5.41 Å². The second-order valence-corrected chi connectivity index (χ2v) is 5.34. The number of hydrogen-bond donors (Lipinski definition) is 0. The quantitative estimate of drug-likeness (QED) is 0.337. The van der Waals surface area contributed by atoms with Gasteiger partial charge in [0.2, 0.25) is 0 Å². The van der Waals surface area contributed by atoms with Crippen molar-refractivity contribution in [2.75, 3.05) is 4.43 Å². The lowest BCUT2D eigenvalue weighted by Crippen LogP contribution is -2.27. The molecule has 0 N–H and O–H groups in total. The van der Waals surface area contributed by atoms with E-state index in [9.17, 15) is 4.79 Å². The van der Waals surface area contributed by atoms with Crippen molar-refractivity contribution in [2.24, 2.45) is 5.41 Å². The van der Waals surface area contributed by atoms with Crippen molar-refractivity contribution < 1.29 is 9.53 Å². The van der Waals surface area contributed by atoms with E-state index in [1.165, 1.54) is 0 Å². The van der Waals surface area contributed by atoms with Gasteiger partial charge in [-0.2, -0.15) is 0 Å². The Kier molecular flexibility index (Phi) is 6.40. The van der Waals surface area contributed by atoms with Gasteiger partial charge in [0.1, 0.15) is 6.10 Å². The molecule has 0 aliphatic heterocycles. The van der Waals surface area contributed by atoms with Crippen LogP contribution < -0.4 is 0 Å². The minimum absolute atomic E-state index is 0.128. The van der Waals surface area contributed by atoms with Gasteiger partial charge in [-0.15, -0.1) is 0 Å². The first-order chi connectivity index (χ1) is 6.41. The van der Waals surface area contributed by atoms with Gasteiger partial charge in [0.15, 0.2) is 0 Å². The van der Waals surface area contributed by atoms with Gasteiger partial charge in [0, 0.05) is 0 Å². The van der Waals surface area contributed by atoms with E-state index in [1.807, 2.05) is 20.8 Å². The summed E-state index contributed by atoms with van der Waals surface area (Å²) in [5.41, 5.74) is -0.425. The predicted molar refractivity (Wildman–Crippen MR) is 67.7 cm³/mol. The minimum Gasteiger partial charge on any atom is -0.458 e. The van der Waals surface area contributed by atoms with Gasteiger partial charge in [-0.25, -0.2) is 0 Å². The predicted octanol–water partition coefficient (Wildman–Crippen LogP) is 3.35. The molecule has 0 aliphatic rings. The van der Waals surface area contributed by atoms with Gasteiger partial charge < -0.3 is 4.74 Å². The molecule has 2 nitrogen and oxygen atoms in total. The summed E-state index contributed by atoms with van der Waals surface area (Å²) in [7, 11) is 0. The van der Waals surface area contributed by atoms with Gasteiger partial charge in [0.25, 0.3) is 0 Å². The molecule has 0 heterocycles. The van der Waals surface area contributed by atoms with E-state index in [0.29, 0.717) is 0 Å². The van der Waals surface area contributed by atoms with E-state index in [1.54, 1.807) is 6.08 Å². The van der Waals surface area contributed by atoms with Gasteiger partial charge in [-0.1, -0.05) is 35.2 Å². The zero-order chi connectivity index (χ0) is 11.2. The van der Waals surface area contributed by atoms with Crippen LogP contribution in [0.15, 0.2) is 12.7 Å². The van der Waals surface area contributed by atoms with Crippen molar-refractivity contribution in [3.8, 4) is 0 Å². The maximum absolute atomic E-state index is 11.5. The summed E-state index contributed by atoms with van der Waals surface area (Å²) in [6, 6.07) is 0. The summed E-state index contributed by atoms with van der Waals surface area (Å²) in [5, 5.41) is 0. The number of carbonyl (C=O) groups is 1. The number of carbonyl (C=O) groups excluding carboxylic acids is 1. The monoisotopic (exact) mass is 310 g/mol. The molecule has 0 aromatic carbocycles. The molecular formula is C11H19IO2. The Bertz CT molecular complexity index is 194. The zero-order valence-corrected chi connectivity index (χ0v) is 11.3. The molecule has 3 heteroatoms. The van der Waals surface area contributed by atoms with E-state index in [2.05, 4.69) is 29.2 Å². The van der Waals surface area contributed by atoms with Crippen LogP contribution in [-0.4, -0.2) is 16.5 Å². The molecule has 0 saturated carbocycles. The van der Waals surface area contributed by atoms with Crippen LogP contribution in [0.4, 0.5) is 0 Å². The molecule has 1 atom stereocenters. The third kappa shape index (κ3) is 5.62. The van der Waals surface area contributed by atoms with E-state index < -0.39 is 5.41 Å². The smallest absolute Gasteiger partial charge is 0.311 e. The van der Waals surface area contributed by atoms with E-state index >= 15 is 0 Å². The van der Waals surface area contributed by atoms with Crippen LogP contribution in [0.3, 0.4) is 0 Å². The topological polar surface area (TPSA) is 26.3 Å². The Labute approximate surface area is 100 Å². The second-order valence-electron chi connectivity index (χ2n) is 4.26. The maximum atomic E-state index is 11.5. The van der Waals surface area contributed by atoms with Crippen molar-refractivity contribution in [3.05, 3.63) is 12.7 Å². The number of alkyl halides is 1. The van der Waals surface area contributed by atoms with Gasteiger partial charge in [-0.3, -0.25) is 4.79 Å². The van der Waals surface area contributed by atoms with Crippen molar-refractivity contribution in [3.63, 3.8) is 0 Å². The van der Waals surface area contributed by atoms with E-state index in [-0.39, 0.29) is 12.1 Å². The average molecular weight is 310 g/mol. The molecule has 14 heavy (non-hydrogen) atoms. The zero-order valence-electron chi connectivity index (χ0n) is 9.18. The molecule has 0 aromatic heterocycles. The van der Waals surface area contributed by atoms with Crippen molar-refractivity contribution in [2.45, 2.75) is 39.7 Å². The highest BCUT2D eigenvalue weighted by Crippen LogP contribution is 2.18. The summed E-state index contributed by atoms with van der Waals surface area (Å²) in [6.07, 6.45) is 3.50. The third-order valence-electron chi connectivity index (χ3n) is 1.76. The van der Waals surface area contributed by atoms with Gasteiger partial charge >= 0.3 is 5.97 Å². The standard InChI is InChI=1S/C11H19IO2/c1-5-9(7-6-8-12)14-10(13)11(2,3)4/h5,9H,1,6-8H2,2-4H3. The maximum Gasteiger partial charge on any atom is 0.311 e. The Balaban J connectivity index is 4.05. The number of ether oxygens (including phenoxy) is 1. The summed E-state index contributed by atoms with van der Waals surface area (Å²) in [6.45, 7) is 9.23. The number of hydrogen-bond acceptors (Lipinski definition) is 2. The first kappa shape index (κ1) is 13.9. The molecule has 0 fully saturated rings. The number of rotatable bonds is 5. The first-order valence-corrected chi connectivity index (χ1v) is 6.34. The fourth-order valence-corrected chi connectivity index (χ4v) is 1.26. The Morgan fingerprint density at radius 1 is 1.57 bits per heavy atom. The summed E-state index contributed by atoms with van der Waals surface area (Å²) in [4.78, 5) is 11.5. The van der Waals surface area contributed by atoms with Gasteiger partial charge in [-0.05, 0) is 38.0 Å². The SMILES string of the molecule is C=CC(CCCI)OC(=O)C(C)(C)C. The van der Waals surface area contributed by atoms with Crippen LogP contribution in [0.2, 0.25) is 0 Å². The van der Waals surface area contributed by atoms with Crippen LogP contribution in [0.25, 0.3) is 0 Å². The van der Waals surface area contributed by atoms with Crippen LogP contribution in [-0.2, 0) is 9.53 Å². The lowest BCUT2D eigenvalue weighted by molar-refractivity contribution is -0.156. The average Bonchev–Trinajstić information content (AvgIpc) is 2.10. The molecule has 0 amide bonds. The third-order valence-corrected chi connectivity index (χ3v) is 2.52. The van der Waals surface area contributed by atoms with Crippen molar-refractivity contribution in [1.82, 2.24) is 0 Å². The molecule has 0 aromatic rings. The molecule has 0 bridgehead atoms. The highest BCUT2D eigenvalue weighted by Gasteiger charge is 2.25. The summed E-state index contributed by atoms with van der Waals surface area (Å²) in [5.74, 6) is -0.157. The molecule has 0 rings (SSSR count). The molecule has 1 unspecified atom stereocenters. The fourth-order valence-electron chi connectivity index (χ4n) is 0.817. The minimum atomic E-state index is -0.425. The van der Waals surface area contributed by atoms with Crippen LogP contribution in [0.5, 0.6) is 0 Å². The normalized spacial score (nSPS) is 13.4. The molecule has 0 spiro atoms. The van der Waals surface area contributed by atoms with Crippen LogP contribution in [0.1, 0.15) is 33.6 Å². The number of esters is 1. The Morgan fingerprint density at radius 3 is 2.50 bits per heavy atom. The molecule has 0 saturated heterocycles. The Morgan fingerprint density at radius 2 is 2.14 bits per heavy atom. The molecule has 0 aliphatic carbocycles. The molecule has 82 valence electrons. The summed E-state index contributed by atoms with van der Waals surface area (Å²) < 4.78 is 6.38. The van der Waals surface area contributed by atoms with Crippen LogP contribution >= 0.6 is 22.6 Å². The Hall–Kier alpha value is -0.0600. The van der Waals surface area contributed by atoms with Gasteiger partial charge in [0.05, 0.1) is 5.41 Å². The fraction of sp³-hybridized carbons (Fsp3) is 0.727. The molecule has 0 radical (unpaired) electrons. The van der Waals surface area contributed by atoms with Crippen molar-refractivity contribution >= 4 is 28.6 Å². The lowest BCUT2D eigenvalue weighted by Gasteiger charge is -2.21. The second kappa shape index (κ2) is 6.43. The largest absolute Gasteiger partial charge is 0.458 e.